The molecule has 1 heterocycles. The Labute approximate surface area is 129 Å². The number of rotatable bonds is 6. The molecule has 2 rings (SSSR count). The van der Waals surface area contributed by atoms with Gasteiger partial charge in [0.25, 0.3) is 0 Å². The quantitative estimate of drug-likeness (QED) is 0.653. The summed E-state index contributed by atoms with van der Waals surface area (Å²) in [6.45, 7) is 4.06. The molecule has 6 heteroatoms. The summed E-state index contributed by atoms with van der Waals surface area (Å²) in [7, 11) is 0. The van der Waals surface area contributed by atoms with Crippen LogP contribution in [-0.4, -0.2) is 34.8 Å². The van der Waals surface area contributed by atoms with Gasteiger partial charge in [-0.2, -0.15) is 5.10 Å². The number of aryl methyl sites for hydroxylation is 1. The molecule has 0 saturated carbocycles. The molecule has 0 unspecified atom stereocenters. The summed E-state index contributed by atoms with van der Waals surface area (Å²) in [5, 5.41) is 6.92. The van der Waals surface area contributed by atoms with Crippen molar-refractivity contribution in [1.82, 2.24) is 15.1 Å². The second-order valence-corrected chi connectivity index (χ2v) is 4.89. The SMILES string of the molecule is CC(=O)NCCCOC(=O)c1cc(C)n(-c2ccccc2)n1. The first-order valence-electron chi connectivity index (χ1n) is 7.11. The van der Waals surface area contributed by atoms with Gasteiger partial charge in [-0.3, -0.25) is 4.79 Å². The van der Waals surface area contributed by atoms with Crippen molar-refractivity contribution in [3.8, 4) is 5.69 Å². The summed E-state index contributed by atoms with van der Waals surface area (Å²) in [5.74, 6) is -0.552. The van der Waals surface area contributed by atoms with Gasteiger partial charge in [0.2, 0.25) is 5.91 Å². The predicted octanol–water partition coefficient (Wildman–Crippen LogP) is 1.86. The molecular weight excluding hydrogens is 282 g/mol. The van der Waals surface area contributed by atoms with Crippen molar-refractivity contribution < 1.29 is 14.3 Å². The Morgan fingerprint density at radius 2 is 2.00 bits per heavy atom. The van der Waals surface area contributed by atoms with Crippen LogP contribution in [0.25, 0.3) is 5.69 Å². The fraction of sp³-hybridized carbons (Fsp3) is 0.312. The number of esters is 1. The van der Waals surface area contributed by atoms with E-state index in [2.05, 4.69) is 10.4 Å². The summed E-state index contributed by atoms with van der Waals surface area (Å²) >= 11 is 0. The van der Waals surface area contributed by atoms with E-state index in [1.54, 1.807) is 10.7 Å². The number of hydrogen-bond acceptors (Lipinski definition) is 4. The zero-order valence-corrected chi connectivity index (χ0v) is 12.7. The van der Waals surface area contributed by atoms with E-state index in [-0.39, 0.29) is 18.2 Å². The van der Waals surface area contributed by atoms with Gasteiger partial charge in [0.15, 0.2) is 5.69 Å². The van der Waals surface area contributed by atoms with E-state index >= 15 is 0 Å². The van der Waals surface area contributed by atoms with Crippen LogP contribution >= 0.6 is 0 Å². The van der Waals surface area contributed by atoms with E-state index in [0.29, 0.717) is 13.0 Å². The number of hydrogen-bond donors (Lipinski definition) is 1. The van der Waals surface area contributed by atoms with Crippen LogP contribution in [0.1, 0.15) is 29.5 Å². The van der Waals surface area contributed by atoms with Crippen LogP contribution < -0.4 is 5.32 Å². The van der Waals surface area contributed by atoms with Gasteiger partial charge >= 0.3 is 5.97 Å². The Hall–Kier alpha value is -2.63. The molecule has 0 atom stereocenters. The van der Waals surface area contributed by atoms with Gasteiger partial charge in [0.05, 0.1) is 12.3 Å². The van der Waals surface area contributed by atoms with Crippen molar-refractivity contribution in [2.75, 3.05) is 13.2 Å². The van der Waals surface area contributed by atoms with Gasteiger partial charge in [0.1, 0.15) is 0 Å². The van der Waals surface area contributed by atoms with Crippen molar-refractivity contribution in [2.45, 2.75) is 20.3 Å². The highest BCUT2D eigenvalue weighted by Crippen LogP contribution is 2.12. The first-order chi connectivity index (χ1) is 10.6. The molecule has 22 heavy (non-hydrogen) atoms. The fourth-order valence-corrected chi connectivity index (χ4v) is 1.98. The average molecular weight is 301 g/mol. The first-order valence-corrected chi connectivity index (χ1v) is 7.11. The van der Waals surface area contributed by atoms with Crippen molar-refractivity contribution in [3.63, 3.8) is 0 Å². The van der Waals surface area contributed by atoms with Crippen molar-refractivity contribution in [3.05, 3.63) is 47.8 Å². The Kier molecular flexibility index (Phi) is 5.30. The van der Waals surface area contributed by atoms with Crippen molar-refractivity contribution >= 4 is 11.9 Å². The number of carbonyl (C=O) groups is 2. The van der Waals surface area contributed by atoms with Crippen molar-refractivity contribution in [1.29, 1.82) is 0 Å². The van der Waals surface area contributed by atoms with Crippen LogP contribution in [0, 0.1) is 6.92 Å². The second-order valence-electron chi connectivity index (χ2n) is 4.89. The number of benzene rings is 1. The largest absolute Gasteiger partial charge is 0.461 e. The number of aromatic nitrogens is 2. The molecule has 0 aliphatic rings. The highest BCUT2D eigenvalue weighted by molar-refractivity contribution is 5.87. The number of ether oxygens (including phenoxy) is 1. The lowest BCUT2D eigenvalue weighted by molar-refractivity contribution is -0.118. The second kappa shape index (κ2) is 7.40. The van der Waals surface area contributed by atoms with E-state index in [4.69, 9.17) is 4.74 Å². The third kappa shape index (κ3) is 4.18. The Morgan fingerprint density at radius 1 is 1.27 bits per heavy atom. The van der Waals surface area contributed by atoms with E-state index in [1.807, 2.05) is 37.3 Å². The Balaban J connectivity index is 1.93. The predicted molar refractivity (Wildman–Crippen MR) is 81.9 cm³/mol. The lowest BCUT2D eigenvalue weighted by atomic mass is 10.3. The molecular formula is C16H19N3O3. The Bertz CT molecular complexity index is 650. The molecule has 1 N–H and O–H groups in total. The van der Waals surface area contributed by atoms with Crippen LogP contribution in [0.4, 0.5) is 0 Å². The van der Waals surface area contributed by atoms with E-state index < -0.39 is 5.97 Å². The minimum atomic E-state index is -0.458. The smallest absolute Gasteiger partial charge is 0.358 e. The molecule has 116 valence electrons. The molecule has 1 aromatic carbocycles. The minimum Gasteiger partial charge on any atom is -0.461 e. The molecule has 1 amide bonds. The molecule has 6 nitrogen and oxygen atoms in total. The lowest BCUT2D eigenvalue weighted by Gasteiger charge is -2.04. The maximum Gasteiger partial charge on any atom is 0.358 e. The Morgan fingerprint density at radius 3 is 2.68 bits per heavy atom. The molecule has 1 aromatic heterocycles. The normalized spacial score (nSPS) is 10.3. The monoisotopic (exact) mass is 301 g/mol. The summed E-state index contributed by atoms with van der Waals surface area (Å²) in [5.41, 5.74) is 2.03. The molecule has 2 aromatic rings. The van der Waals surface area contributed by atoms with Gasteiger partial charge < -0.3 is 10.1 Å². The van der Waals surface area contributed by atoms with Crippen LogP contribution in [-0.2, 0) is 9.53 Å². The third-order valence-electron chi connectivity index (χ3n) is 3.03. The summed E-state index contributed by atoms with van der Waals surface area (Å²) < 4.78 is 6.85. The number of nitrogens with one attached hydrogen (secondary N) is 1. The summed E-state index contributed by atoms with van der Waals surface area (Å²) in [6, 6.07) is 11.3. The number of para-hydroxylation sites is 1. The van der Waals surface area contributed by atoms with Gasteiger partial charge in [0, 0.05) is 19.2 Å². The standard InChI is InChI=1S/C16H19N3O3/c1-12-11-15(16(21)22-10-6-9-17-13(2)20)18-19(12)14-7-4-3-5-8-14/h3-5,7-8,11H,6,9-10H2,1-2H3,(H,17,20). The molecule has 0 aliphatic heterocycles. The highest BCUT2D eigenvalue weighted by Gasteiger charge is 2.14. The number of nitrogens with zero attached hydrogens (tertiary/aromatic N) is 2. The van der Waals surface area contributed by atoms with Crippen LogP contribution in [0.2, 0.25) is 0 Å². The van der Waals surface area contributed by atoms with Gasteiger partial charge in [-0.1, -0.05) is 18.2 Å². The zero-order chi connectivity index (χ0) is 15.9. The number of amides is 1. The first kappa shape index (κ1) is 15.8. The van der Waals surface area contributed by atoms with Crippen LogP contribution in [0.5, 0.6) is 0 Å². The van der Waals surface area contributed by atoms with E-state index in [1.165, 1.54) is 6.92 Å². The maximum absolute atomic E-state index is 12.0. The van der Waals surface area contributed by atoms with Crippen LogP contribution in [0.15, 0.2) is 36.4 Å². The molecule has 0 fully saturated rings. The van der Waals surface area contributed by atoms with Crippen molar-refractivity contribution in [2.24, 2.45) is 0 Å². The lowest BCUT2D eigenvalue weighted by Crippen LogP contribution is -2.22. The van der Waals surface area contributed by atoms with Gasteiger partial charge in [-0.05, 0) is 31.5 Å². The van der Waals surface area contributed by atoms with Crippen LogP contribution in [0.3, 0.4) is 0 Å². The summed E-state index contributed by atoms with van der Waals surface area (Å²) in [6.07, 6.45) is 0.573. The fourth-order valence-electron chi connectivity index (χ4n) is 1.98. The van der Waals surface area contributed by atoms with Gasteiger partial charge in [-0.25, -0.2) is 9.48 Å². The average Bonchev–Trinajstić information content (AvgIpc) is 2.89. The van der Waals surface area contributed by atoms with E-state index in [0.717, 1.165) is 11.4 Å². The topological polar surface area (TPSA) is 73.2 Å². The maximum atomic E-state index is 12.0. The highest BCUT2D eigenvalue weighted by atomic mass is 16.5. The van der Waals surface area contributed by atoms with Gasteiger partial charge in [-0.15, -0.1) is 0 Å². The minimum absolute atomic E-state index is 0.0939. The molecule has 0 radical (unpaired) electrons. The zero-order valence-electron chi connectivity index (χ0n) is 12.7. The van der Waals surface area contributed by atoms with E-state index in [9.17, 15) is 9.59 Å². The molecule has 0 aliphatic carbocycles. The molecule has 0 saturated heterocycles. The third-order valence-corrected chi connectivity index (χ3v) is 3.03. The molecule has 0 spiro atoms. The number of carbonyl (C=O) groups excluding carboxylic acids is 2. The summed E-state index contributed by atoms with van der Waals surface area (Å²) in [4.78, 5) is 22.7. The molecule has 0 bridgehead atoms.